The SMILES string of the molecule is CI.Cc1cccc(C(CCCN2CCCCC2)C2CCCc3ccccc32)c1. The Hall–Kier alpha value is -0.870. The van der Waals surface area contributed by atoms with Crippen LogP contribution in [0.2, 0.25) is 0 Å². The minimum absolute atomic E-state index is 0.663. The topological polar surface area (TPSA) is 3.24 Å². The van der Waals surface area contributed by atoms with Crippen molar-refractivity contribution in [3.8, 4) is 0 Å². The number of likely N-dealkylation sites (tertiary alicyclic amines) is 1. The molecule has 0 bridgehead atoms. The van der Waals surface area contributed by atoms with E-state index in [1.54, 1.807) is 16.7 Å². The second-order valence-corrected chi connectivity index (χ2v) is 8.76. The molecule has 1 aliphatic heterocycles. The van der Waals surface area contributed by atoms with Crippen molar-refractivity contribution in [2.45, 2.75) is 70.1 Å². The second-order valence-electron chi connectivity index (χ2n) is 8.76. The summed E-state index contributed by atoms with van der Waals surface area (Å²) >= 11 is 2.15. The predicted molar refractivity (Wildman–Crippen MR) is 136 cm³/mol. The molecule has 158 valence electrons. The molecule has 0 spiro atoms. The molecule has 0 amide bonds. The number of nitrogens with zero attached hydrogens (tertiary/aromatic N) is 1. The van der Waals surface area contributed by atoms with Gasteiger partial charge in [0.1, 0.15) is 0 Å². The molecule has 2 aromatic rings. The average Bonchev–Trinajstić information content (AvgIpc) is 2.79. The van der Waals surface area contributed by atoms with Crippen LogP contribution in [0.15, 0.2) is 48.5 Å². The van der Waals surface area contributed by atoms with Gasteiger partial charge in [0.2, 0.25) is 0 Å². The van der Waals surface area contributed by atoms with E-state index in [0.717, 1.165) is 0 Å². The first-order chi connectivity index (χ1) is 14.3. The van der Waals surface area contributed by atoms with Crippen molar-refractivity contribution in [1.82, 2.24) is 4.90 Å². The molecule has 0 aromatic heterocycles. The Morgan fingerprint density at radius 3 is 2.55 bits per heavy atom. The van der Waals surface area contributed by atoms with Crippen molar-refractivity contribution in [3.05, 3.63) is 70.8 Å². The maximum Gasteiger partial charge on any atom is -0.00185 e. The number of hydrogen-bond donors (Lipinski definition) is 0. The van der Waals surface area contributed by atoms with Crippen LogP contribution in [0.5, 0.6) is 0 Å². The fourth-order valence-electron chi connectivity index (χ4n) is 5.43. The maximum absolute atomic E-state index is 2.70. The Bertz CT molecular complexity index is 735. The minimum atomic E-state index is 0.663. The van der Waals surface area contributed by atoms with Gasteiger partial charge in [-0.05, 0) is 105 Å². The number of alkyl halides is 1. The van der Waals surface area contributed by atoms with Crippen LogP contribution in [-0.4, -0.2) is 29.5 Å². The number of fused-ring (bicyclic) bond motifs is 1. The largest absolute Gasteiger partial charge is 0.303 e. The summed E-state index contributed by atoms with van der Waals surface area (Å²) in [6.45, 7) is 6.17. The van der Waals surface area contributed by atoms with E-state index in [9.17, 15) is 0 Å². The lowest BCUT2D eigenvalue weighted by atomic mass is 9.71. The summed E-state index contributed by atoms with van der Waals surface area (Å²) in [4.78, 5) is 4.67. The van der Waals surface area contributed by atoms with E-state index in [1.165, 1.54) is 76.6 Å². The maximum atomic E-state index is 2.70. The zero-order valence-electron chi connectivity index (χ0n) is 18.4. The van der Waals surface area contributed by atoms with E-state index < -0.39 is 0 Å². The highest BCUT2D eigenvalue weighted by Gasteiger charge is 2.28. The third kappa shape index (κ3) is 6.30. The van der Waals surface area contributed by atoms with Crippen LogP contribution >= 0.6 is 22.6 Å². The van der Waals surface area contributed by atoms with Gasteiger partial charge in [-0.1, -0.05) is 83.1 Å². The first-order valence-electron chi connectivity index (χ1n) is 11.6. The quantitative estimate of drug-likeness (QED) is 0.291. The van der Waals surface area contributed by atoms with Crippen molar-refractivity contribution >= 4 is 22.6 Å². The van der Waals surface area contributed by atoms with Gasteiger partial charge in [0, 0.05) is 0 Å². The van der Waals surface area contributed by atoms with Gasteiger partial charge in [0.15, 0.2) is 0 Å². The van der Waals surface area contributed by atoms with Crippen LogP contribution in [-0.2, 0) is 6.42 Å². The molecule has 4 rings (SSSR count). The highest BCUT2D eigenvalue weighted by molar-refractivity contribution is 14.1. The summed E-state index contributed by atoms with van der Waals surface area (Å²) in [5.74, 6) is 1.36. The van der Waals surface area contributed by atoms with Gasteiger partial charge in [0.05, 0.1) is 0 Å². The third-order valence-corrected chi connectivity index (χ3v) is 6.81. The van der Waals surface area contributed by atoms with Gasteiger partial charge in [-0.2, -0.15) is 0 Å². The lowest BCUT2D eigenvalue weighted by molar-refractivity contribution is 0.221. The zero-order chi connectivity index (χ0) is 20.5. The van der Waals surface area contributed by atoms with Crippen LogP contribution < -0.4 is 0 Å². The number of benzene rings is 2. The minimum Gasteiger partial charge on any atom is -0.303 e. The van der Waals surface area contributed by atoms with Crippen LogP contribution in [0, 0.1) is 6.92 Å². The second kappa shape index (κ2) is 12.1. The Labute approximate surface area is 192 Å². The normalized spacial score (nSPS) is 20.3. The lowest BCUT2D eigenvalue weighted by Gasteiger charge is -2.34. The highest BCUT2D eigenvalue weighted by atomic mass is 127. The van der Waals surface area contributed by atoms with E-state index in [4.69, 9.17) is 0 Å². The van der Waals surface area contributed by atoms with Gasteiger partial charge >= 0.3 is 0 Å². The summed E-state index contributed by atoms with van der Waals surface area (Å²) in [5.41, 5.74) is 6.20. The molecule has 2 atom stereocenters. The van der Waals surface area contributed by atoms with E-state index in [2.05, 4.69) is 82.9 Å². The number of rotatable bonds is 6. The molecule has 2 unspecified atom stereocenters. The van der Waals surface area contributed by atoms with E-state index in [0.29, 0.717) is 11.8 Å². The van der Waals surface area contributed by atoms with Gasteiger partial charge in [-0.25, -0.2) is 0 Å². The summed E-state index contributed by atoms with van der Waals surface area (Å²) in [5, 5.41) is 0. The van der Waals surface area contributed by atoms with Crippen molar-refractivity contribution in [2.75, 3.05) is 24.6 Å². The Kier molecular flexibility index (Phi) is 9.51. The summed E-state index contributed by atoms with van der Waals surface area (Å²) in [6.07, 6.45) is 10.8. The van der Waals surface area contributed by atoms with Crippen LogP contribution in [0.3, 0.4) is 0 Å². The first-order valence-corrected chi connectivity index (χ1v) is 13.7. The number of aryl methyl sites for hydroxylation is 2. The molecule has 2 aliphatic rings. The Morgan fingerprint density at radius 2 is 1.76 bits per heavy atom. The fraction of sp³-hybridized carbons (Fsp3) is 0.556. The third-order valence-electron chi connectivity index (χ3n) is 6.81. The van der Waals surface area contributed by atoms with Gasteiger partial charge in [0.25, 0.3) is 0 Å². The monoisotopic (exact) mass is 503 g/mol. The molecular weight excluding hydrogens is 465 g/mol. The molecule has 0 radical (unpaired) electrons. The molecule has 1 saturated heterocycles. The van der Waals surface area contributed by atoms with Crippen LogP contribution in [0.1, 0.15) is 79.0 Å². The highest BCUT2D eigenvalue weighted by Crippen LogP contribution is 2.44. The van der Waals surface area contributed by atoms with E-state index in [-0.39, 0.29) is 0 Å². The molecule has 1 fully saturated rings. The molecule has 0 N–H and O–H groups in total. The Morgan fingerprint density at radius 1 is 0.966 bits per heavy atom. The van der Waals surface area contributed by atoms with Crippen molar-refractivity contribution < 1.29 is 0 Å². The number of hydrogen-bond acceptors (Lipinski definition) is 1. The number of piperidine rings is 1. The van der Waals surface area contributed by atoms with Crippen molar-refractivity contribution in [3.63, 3.8) is 0 Å². The average molecular weight is 504 g/mol. The van der Waals surface area contributed by atoms with E-state index >= 15 is 0 Å². The number of halogens is 1. The molecule has 1 nitrogen and oxygen atoms in total. The molecule has 29 heavy (non-hydrogen) atoms. The summed E-state index contributed by atoms with van der Waals surface area (Å²) in [6, 6.07) is 18.6. The van der Waals surface area contributed by atoms with Crippen LogP contribution in [0.4, 0.5) is 0 Å². The van der Waals surface area contributed by atoms with Crippen molar-refractivity contribution in [2.24, 2.45) is 0 Å². The molecule has 2 aromatic carbocycles. The molecule has 1 aliphatic carbocycles. The standard InChI is InChI=1S/C26H35N.CH3I/c1-21-10-7-13-23(20-21)25(16-9-19-27-17-5-2-6-18-27)26-15-8-12-22-11-3-4-14-24(22)26;1-2/h3-4,7,10-11,13-14,20,25-26H,2,5-6,8-9,12,15-19H2,1H3;1H3. The van der Waals surface area contributed by atoms with E-state index in [1.807, 2.05) is 4.93 Å². The smallest absolute Gasteiger partial charge is 0.00185 e. The first kappa shape index (κ1) is 22.8. The summed E-state index contributed by atoms with van der Waals surface area (Å²) < 4.78 is 0. The molecular formula is C27H38IN. The van der Waals surface area contributed by atoms with Gasteiger partial charge in [-0.15, -0.1) is 0 Å². The lowest BCUT2D eigenvalue weighted by Crippen LogP contribution is -2.31. The molecule has 2 heteroatoms. The zero-order valence-corrected chi connectivity index (χ0v) is 20.5. The molecule has 1 heterocycles. The molecule has 0 saturated carbocycles. The summed E-state index contributed by atoms with van der Waals surface area (Å²) in [7, 11) is 0. The fourth-order valence-corrected chi connectivity index (χ4v) is 5.43. The van der Waals surface area contributed by atoms with Gasteiger partial charge < -0.3 is 4.90 Å². The van der Waals surface area contributed by atoms with Crippen molar-refractivity contribution in [1.29, 1.82) is 0 Å². The van der Waals surface area contributed by atoms with Crippen LogP contribution in [0.25, 0.3) is 0 Å². The Balaban J connectivity index is 0.00000117. The van der Waals surface area contributed by atoms with Gasteiger partial charge in [-0.3, -0.25) is 0 Å². The predicted octanol–water partition coefficient (Wildman–Crippen LogP) is 7.52.